The van der Waals surface area contributed by atoms with Crippen LogP contribution in [0.4, 0.5) is 0 Å². The number of rotatable bonds is 8. The van der Waals surface area contributed by atoms with Crippen molar-refractivity contribution in [2.24, 2.45) is 5.73 Å². The van der Waals surface area contributed by atoms with Gasteiger partial charge < -0.3 is 11.1 Å². The van der Waals surface area contributed by atoms with E-state index < -0.39 is 9.84 Å². The molecule has 1 unspecified atom stereocenters. The van der Waals surface area contributed by atoms with Crippen molar-refractivity contribution in [3.63, 3.8) is 0 Å². The summed E-state index contributed by atoms with van der Waals surface area (Å²) in [6.45, 7) is 0. The zero-order chi connectivity index (χ0) is 15.5. The minimum absolute atomic E-state index is 0.278. The summed E-state index contributed by atoms with van der Waals surface area (Å²) in [5.41, 5.74) is 5.38. The first-order valence-electron chi connectivity index (χ1n) is 6.84. The molecule has 0 aliphatic heterocycles. The average molecular weight is 328 g/mol. The summed E-state index contributed by atoms with van der Waals surface area (Å²) < 4.78 is 22.7. The maximum Gasteiger partial charge on any atom is 0.234 e. The van der Waals surface area contributed by atoms with Crippen LogP contribution in [-0.2, 0) is 14.6 Å². The molecule has 1 aliphatic rings. The number of nitrogens with two attached hydrogens (primary N) is 1. The van der Waals surface area contributed by atoms with Crippen LogP contribution in [0.15, 0.2) is 34.1 Å². The highest BCUT2D eigenvalue weighted by atomic mass is 32.2. The molecular weight excluding hydrogens is 308 g/mol. The lowest BCUT2D eigenvalue weighted by Gasteiger charge is -2.14. The molecule has 2 rings (SSSR count). The van der Waals surface area contributed by atoms with Crippen LogP contribution in [-0.4, -0.2) is 38.4 Å². The number of hydrogen-bond acceptors (Lipinski definition) is 5. The second kappa shape index (κ2) is 6.81. The Labute approximate surface area is 129 Å². The van der Waals surface area contributed by atoms with E-state index in [1.54, 1.807) is 36.0 Å². The summed E-state index contributed by atoms with van der Waals surface area (Å²) in [6, 6.07) is 6.95. The molecule has 7 heteroatoms. The maximum absolute atomic E-state index is 11.4. The van der Waals surface area contributed by atoms with Gasteiger partial charge in [-0.3, -0.25) is 4.79 Å². The Morgan fingerprint density at radius 1 is 1.38 bits per heavy atom. The molecule has 5 nitrogen and oxygen atoms in total. The molecule has 1 atom stereocenters. The average Bonchev–Trinajstić information content (AvgIpc) is 3.21. The quantitative estimate of drug-likeness (QED) is 0.700. The Hall–Kier alpha value is -1.05. The second-order valence-corrected chi connectivity index (χ2v) is 8.46. The van der Waals surface area contributed by atoms with Crippen LogP contribution >= 0.6 is 11.8 Å². The molecule has 21 heavy (non-hydrogen) atoms. The Balaban J connectivity index is 1.83. The lowest BCUT2D eigenvalue weighted by Crippen LogP contribution is -2.42. The summed E-state index contributed by atoms with van der Waals surface area (Å²) in [6.07, 6.45) is 4.09. The first-order valence-corrected chi connectivity index (χ1v) is 9.72. The van der Waals surface area contributed by atoms with Crippen molar-refractivity contribution >= 4 is 27.5 Å². The van der Waals surface area contributed by atoms with Crippen LogP contribution < -0.4 is 11.1 Å². The lowest BCUT2D eigenvalue weighted by molar-refractivity contribution is -0.120. The highest BCUT2D eigenvalue weighted by Gasteiger charge is 2.26. The summed E-state index contributed by atoms with van der Waals surface area (Å²) in [5, 5.41) is 3.24. The molecule has 0 radical (unpaired) electrons. The number of primary amides is 1. The molecule has 1 aromatic carbocycles. The van der Waals surface area contributed by atoms with Crippen molar-refractivity contribution in [2.45, 2.75) is 41.1 Å². The predicted octanol–water partition coefficient (Wildman–Crippen LogP) is 1.18. The van der Waals surface area contributed by atoms with E-state index in [0.717, 1.165) is 23.5 Å². The number of benzene rings is 1. The van der Waals surface area contributed by atoms with Gasteiger partial charge in [0.25, 0.3) is 0 Å². The molecule has 1 aromatic rings. The van der Waals surface area contributed by atoms with Crippen molar-refractivity contribution in [3.8, 4) is 0 Å². The maximum atomic E-state index is 11.4. The van der Waals surface area contributed by atoms with Crippen LogP contribution in [0, 0.1) is 0 Å². The number of amides is 1. The topological polar surface area (TPSA) is 89.3 Å². The SMILES string of the molecule is CS(=O)(=O)c1ccc(SCCC(NC2CC2)C(N)=O)cc1. The Bertz CT molecular complexity index is 595. The first-order chi connectivity index (χ1) is 9.86. The van der Waals surface area contributed by atoms with Crippen molar-refractivity contribution in [1.29, 1.82) is 0 Å². The summed E-state index contributed by atoms with van der Waals surface area (Å²) in [4.78, 5) is 12.6. The Kier molecular flexibility index (Phi) is 5.29. The van der Waals surface area contributed by atoms with E-state index >= 15 is 0 Å². The molecule has 1 amide bonds. The molecular formula is C14H20N2O3S2. The van der Waals surface area contributed by atoms with Gasteiger partial charge in [0, 0.05) is 17.2 Å². The third-order valence-corrected chi connectivity index (χ3v) is 5.46. The van der Waals surface area contributed by atoms with Crippen LogP contribution in [0.3, 0.4) is 0 Å². The van der Waals surface area contributed by atoms with Gasteiger partial charge in [0.1, 0.15) is 0 Å². The van der Waals surface area contributed by atoms with E-state index in [-0.39, 0.29) is 11.9 Å². The molecule has 0 saturated heterocycles. The molecule has 1 fully saturated rings. The number of nitrogens with one attached hydrogen (secondary N) is 1. The van der Waals surface area contributed by atoms with Crippen molar-refractivity contribution in [1.82, 2.24) is 5.32 Å². The number of sulfone groups is 1. The Morgan fingerprint density at radius 3 is 2.48 bits per heavy atom. The van der Waals surface area contributed by atoms with E-state index in [0.29, 0.717) is 17.4 Å². The fourth-order valence-electron chi connectivity index (χ4n) is 1.92. The standard InChI is InChI=1S/C14H20N2O3S2/c1-21(18,19)12-6-4-11(5-7-12)20-9-8-13(14(15)17)16-10-2-3-10/h4-7,10,13,16H,2-3,8-9H2,1H3,(H2,15,17). The highest BCUT2D eigenvalue weighted by molar-refractivity contribution is 7.99. The van der Waals surface area contributed by atoms with Crippen LogP contribution in [0.25, 0.3) is 0 Å². The van der Waals surface area contributed by atoms with Crippen LogP contribution in [0.1, 0.15) is 19.3 Å². The molecule has 0 spiro atoms. The molecule has 1 saturated carbocycles. The van der Waals surface area contributed by atoms with Gasteiger partial charge in [-0.15, -0.1) is 11.8 Å². The van der Waals surface area contributed by atoms with Gasteiger partial charge in [-0.1, -0.05) is 0 Å². The molecule has 0 bridgehead atoms. The molecule has 116 valence electrons. The largest absolute Gasteiger partial charge is 0.368 e. The molecule has 1 aliphatic carbocycles. The van der Waals surface area contributed by atoms with E-state index in [2.05, 4.69) is 5.32 Å². The van der Waals surface area contributed by atoms with Crippen molar-refractivity contribution in [3.05, 3.63) is 24.3 Å². The normalized spacial score (nSPS) is 16.6. The molecule has 0 heterocycles. The third-order valence-electron chi connectivity index (χ3n) is 3.28. The highest BCUT2D eigenvalue weighted by Crippen LogP contribution is 2.23. The predicted molar refractivity (Wildman–Crippen MR) is 84.0 cm³/mol. The zero-order valence-electron chi connectivity index (χ0n) is 11.9. The number of thioether (sulfide) groups is 1. The van der Waals surface area contributed by atoms with Crippen molar-refractivity contribution < 1.29 is 13.2 Å². The van der Waals surface area contributed by atoms with Crippen LogP contribution in [0.2, 0.25) is 0 Å². The lowest BCUT2D eigenvalue weighted by atomic mass is 10.2. The van der Waals surface area contributed by atoms with Gasteiger partial charge in [0.2, 0.25) is 5.91 Å². The third kappa shape index (κ3) is 5.33. The van der Waals surface area contributed by atoms with E-state index in [9.17, 15) is 13.2 Å². The fraction of sp³-hybridized carbons (Fsp3) is 0.500. The van der Waals surface area contributed by atoms with Crippen LogP contribution in [0.5, 0.6) is 0 Å². The van der Waals surface area contributed by atoms with E-state index in [1.165, 1.54) is 6.26 Å². The first kappa shape index (κ1) is 16.3. The zero-order valence-corrected chi connectivity index (χ0v) is 13.5. The van der Waals surface area contributed by atoms with Crippen molar-refractivity contribution in [2.75, 3.05) is 12.0 Å². The fourth-order valence-corrected chi connectivity index (χ4v) is 3.47. The second-order valence-electron chi connectivity index (χ2n) is 5.28. The number of carbonyl (C=O) groups excluding carboxylic acids is 1. The minimum atomic E-state index is -3.15. The van der Waals surface area contributed by atoms with E-state index in [1.807, 2.05) is 0 Å². The molecule has 0 aromatic heterocycles. The Morgan fingerprint density at radius 2 is 2.00 bits per heavy atom. The summed E-state index contributed by atoms with van der Waals surface area (Å²) in [7, 11) is -3.15. The number of carbonyl (C=O) groups is 1. The molecule has 3 N–H and O–H groups in total. The van der Waals surface area contributed by atoms with E-state index in [4.69, 9.17) is 5.73 Å². The van der Waals surface area contributed by atoms with Gasteiger partial charge >= 0.3 is 0 Å². The monoisotopic (exact) mass is 328 g/mol. The van der Waals surface area contributed by atoms with Gasteiger partial charge in [-0.05, 0) is 49.3 Å². The van der Waals surface area contributed by atoms with Gasteiger partial charge in [-0.25, -0.2) is 8.42 Å². The van der Waals surface area contributed by atoms with Gasteiger partial charge in [-0.2, -0.15) is 0 Å². The summed E-state index contributed by atoms with van der Waals surface area (Å²) >= 11 is 1.59. The van der Waals surface area contributed by atoms with Gasteiger partial charge in [0.15, 0.2) is 9.84 Å². The summed E-state index contributed by atoms with van der Waals surface area (Å²) in [5.74, 6) is 0.445. The smallest absolute Gasteiger partial charge is 0.234 e. The minimum Gasteiger partial charge on any atom is -0.368 e. The van der Waals surface area contributed by atoms with Gasteiger partial charge in [0.05, 0.1) is 10.9 Å². The number of hydrogen-bond donors (Lipinski definition) is 2.